The zero-order valence-electron chi connectivity index (χ0n) is 14.9. The van der Waals surface area contributed by atoms with Gasteiger partial charge in [-0.1, -0.05) is 19.9 Å². The average molecular weight is 331 g/mol. The van der Waals surface area contributed by atoms with E-state index in [1.807, 2.05) is 24.7 Å². The lowest BCUT2D eigenvalue weighted by atomic mass is 9.66. The molecule has 0 saturated heterocycles. The highest BCUT2D eigenvalue weighted by Crippen LogP contribution is 2.57. The third kappa shape index (κ3) is 1.68. The molecular weight excluding hydrogens is 310 g/mol. The zero-order chi connectivity index (χ0) is 17.4. The van der Waals surface area contributed by atoms with Crippen molar-refractivity contribution < 1.29 is 0 Å². The highest BCUT2D eigenvalue weighted by molar-refractivity contribution is 5.82. The van der Waals surface area contributed by atoms with Crippen LogP contribution < -0.4 is 4.90 Å². The van der Waals surface area contributed by atoms with E-state index >= 15 is 0 Å². The van der Waals surface area contributed by atoms with Crippen LogP contribution in [0.25, 0.3) is 0 Å². The summed E-state index contributed by atoms with van der Waals surface area (Å²) in [5, 5.41) is 0. The minimum Gasteiger partial charge on any atom is -0.313 e. The molecule has 2 atom stereocenters. The fraction of sp³-hybridized carbons (Fsp3) is 0.400. The summed E-state index contributed by atoms with van der Waals surface area (Å²) in [5.74, 6) is 0.252. The maximum Gasteiger partial charge on any atom is 0.132 e. The molecular formula is C20H21N5. The van der Waals surface area contributed by atoms with Crippen LogP contribution in [-0.4, -0.2) is 27.3 Å². The van der Waals surface area contributed by atoms with Gasteiger partial charge in [0.05, 0.1) is 29.0 Å². The molecule has 5 heteroatoms. The van der Waals surface area contributed by atoms with Crippen LogP contribution in [0.1, 0.15) is 44.6 Å². The first kappa shape index (κ1) is 14.8. The van der Waals surface area contributed by atoms with Gasteiger partial charge >= 0.3 is 0 Å². The predicted octanol–water partition coefficient (Wildman–Crippen LogP) is 3.52. The molecule has 5 nitrogen and oxygen atoms in total. The number of nitrogens with zero attached hydrogens (tertiary/aromatic N) is 5. The normalized spacial score (nSPS) is 26.6. The molecule has 126 valence electrons. The van der Waals surface area contributed by atoms with Crippen molar-refractivity contribution in [2.45, 2.75) is 44.7 Å². The first-order valence-corrected chi connectivity index (χ1v) is 8.73. The molecule has 0 saturated carbocycles. The van der Waals surface area contributed by atoms with Gasteiger partial charge in [0, 0.05) is 29.2 Å². The minimum absolute atomic E-state index is 0.0105. The van der Waals surface area contributed by atoms with Crippen molar-refractivity contribution in [2.24, 2.45) is 10.9 Å². The van der Waals surface area contributed by atoms with E-state index < -0.39 is 0 Å². The Labute approximate surface area is 147 Å². The number of aromatic nitrogens is 3. The van der Waals surface area contributed by atoms with Gasteiger partial charge in [0.1, 0.15) is 12.5 Å². The fourth-order valence-corrected chi connectivity index (χ4v) is 4.67. The largest absolute Gasteiger partial charge is 0.313 e. The number of pyridine rings is 1. The average Bonchev–Trinajstić information content (AvgIpc) is 2.61. The van der Waals surface area contributed by atoms with Crippen LogP contribution in [0.3, 0.4) is 0 Å². The van der Waals surface area contributed by atoms with E-state index in [4.69, 9.17) is 9.98 Å². The Morgan fingerprint density at radius 2 is 1.92 bits per heavy atom. The highest BCUT2D eigenvalue weighted by Gasteiger charge is 2.52. The molecule has 2 aromatic heterocycles. The van der Waals surface area contributed by atoms with Crippen LogP contribution in [0.15, 0.2) is 41.9 Å². The zero-order valence-corrected chi connectivity index (χ0v) is 14.9. The second-order valence-corrected chi connectivity index (χ2v) is 8.15. The topological polar surface area (TPSA) is 54.3 Å². The van der Waals surface area contributed by atoms with Gasteiger partial charge in [-0.2, -0.15) is 0 Å². The van der Waals surface area contributed by atoms with Gasteiger partial charge in [-0.25, -0.2) is 9.97 Å². The number of fused-ring (bicyclic) bond motifs is 4. The Bertz CT molecular complexity index is 941. The summed E-state index contributed by atoms with van der Waals surface area (Å²) in [7, 11) is 0. The number of aliphatic imine (C=N–C) groups is 1. The lowest BCUT2D eigenvalue weighted by Gasteiger charge is -2.53. The second kappa shape index (κ2) is 4.54. The van der Waals surface area contributed by atoms with Crippen LogP contribution in [0.5, 0.6) is 0 Å². The molecule has 25 heavy (non-hydrogen) atoms. The van der Waals surface area contributed by atoms with Crippen molar-refractivity contribution in [3.63, 3.8) is 0 Å². The number of hydrogen-bond donors (Lipinski definition) is 0. The fourth-order valence-electron chi connectivity index (χ4n) is 4.67. The standard InChI is InChI=1S/C20H21N5/c1-19(2)12-7-9-22-17-15(12)25(14-10-21-11-24-16(14)19)18-13(20(17,3)4)6-5-8-23-18/h5-11,13,18H,1-4H3. The molecule has 0 fully saturated rings. The van der Waals surface area contributed by atoms with Crippen molar-refractivity contribution in [1.29, 1.82) is 0 Å². The SMILES string of the molecule is CC1(C)c2ccnc3c2N(c2cncnc21)C1N=CC=CC1C3(C)C. The lowest BCUT2D eigenvalue weighted by molar-refractivity contribution is 0.297. The number of dihydropyridines is 1. The van der Waals surface area contributed by atoms with E-state index in [0.29, 0.717) is 0 Å². The van der Waals surface area contributed by atoms with Crippen LogP contribution in [0.4, 0.5) is 11.4 Å². The summed E-state index contributed by atoms with van der Waals surface area (Å²) in [4.78, 5) is 21.0. The molecule has 0 aromatic carbocycles. The van der Waals surface area contributed by atoms with Crippen molar-refractivity contribution in [1.82, 2.24) is 15.0 Å². The Morgan fingerprint density at radius 3 is 2.76 bits per heavy atom. The van der Waals surface area contributed by atoms with Crippen molar-refractivity contribution >= 4 is 17.6 Å². The van der Waals surface area contributed by atoms with Crippen molar-refractivity contribution in [3.8, 4) is 0 Å². The van der Waals surface area contributed by atoms with E-state index in [1.165, 1.54) is 11.3 Å². The van der Waals surface area contributed by atoms with Crippen LogP contribution in [0.2, 0.25) is 0 Å². The number of rotatable bonds is 0. The first-order valence-electron chi connectivity index (χ1n) is 8.73. The van der Waals surface area contributed by atoms with Crippen LogP contribution in [-0.2, 0) is 10.8 Å². The van der Waals surface area contributed by atoms with Gasteiger partial charge < -0.3 is 4.90 Å². The summed E-state index contributed by atoms with van der Waals surface area (Å²) >= 11 is 0. The van der Waals surface area contributed by atoms with Gasteiger partial charge in [0.25, 0.3) is 0 Å². The van der Waals surface area contributed by atoms with Gasteiger partial charge in [-0.05, 0) is 31.6 Å². The molecule has 0 aliphatic carbocycles. The molecule has 3 aliphatic rings. The van der Waals surface area contributed by atoms with E-state index in [1.54, 1.807) is 6.33 Å². The first-order chi connectivity index (χ1) is 11.9. The quantitative estimate of drug-likeness (QED) is 0.741. The molecule has 0 radical (unpaired) electrons. The third-order valence-corrected chi connectivity index (χ3v) is 6.06. The van der Waals surface area contributed by atoms with E-state index in [-0.39, 0.29) is 22.9 Å². The third-order valence-electron chi connectivity index (χ3n) is 6.06. The van der Waals surface area contributed by atoms with Crippen molar-refractivity contribution in [3.05, 3.63) is 53.9 Å². The molecule has 0 spiro atoms. The molecule has 0 N–H and O–H groups in total. The summed E-state index contributed by atoms with van der Waals surface area (Å²) < 4.78 is 0. The Hall–Kier alpha value is -2.56. The number of allylic oxidation sites excluding steroid dienone is 1. The Balaban J connectivity index is 1.91. The minimum atomic E-state index is -0.196. The summed E-state index contributed by atoms with van der Waals surface area (Å²) in [5.41, 5.74) is 5.40. The molecule has 2 unspecified atom stereocenters. The molecule has 0 amide bonds. The Kier molecular flexibility index (Phi) is 2.68. The number of anilines is 2. The molecule has 2 aromatic rings. The van der Waals surface area contributed by atoms with E-state index in [2.05, 4.69) is 54.7 Å². The number of hydrogen-bond acceptors (Lipinski definition) is 5. The molecule has 5 rings (SSSR count). The van der Waals surface area contributed by atoms with Gasteiger partial charge in [0.2, 0.25) is 0 Å². The predicted molar refractivity (Wildman–Crippen MR) is 98.5 cm³/mol. The Morgan fingerprint density at radius 1 is 1.08 bits per heavy atom. The maximum absolute atomic E-state index is 4.85. The van der Waals surface area contributed by atoms with E-state index in [0.717, 1.165) is 17.1 Å². The smallest absolute Gasteiger partial charge is 0.132 e. The summed E-state index contributed by atoms with van der Waals surface area (Å²) in [6.07, 6.45) is 11.7. The van der Waals surface area contributed by atoms with Gasteiger partial charge in [-0.15, -0.1) is 0 Å². The maximum atomic E-state index is 4.85. The molecule has 5 heterocycles. The van der Waals surface area contributed by atoms with Crippen LogP contribution >= 0.6 is 0 Å². The monoisotopic (exact) mass is 331 g/mol. The van der Waals surface area contributed by atoms with Crippen LogP contribution in [0, 0.1) is 5.92 Å². The second-order valence-electron chi connectivity index (χ2n) is 8.15. The van der Waals surface area contributed by atoms with Gasteiger partial charge in [-0.3, -0.25) is 9.98 Å². The van der Waals surface area contributed by atoms with E-state index in [9.17, 15) is 0 Å². The summed E-state index contributed by atoms with van der Waals surface area (Å²) in [6.45, 7) is 9.02. The highest BCUT2D eigenvalue weighted by atomic mass is 15.3. The van der Waals surface area contributed by atoms with Gasteiger partial charge in [0.15, 0.2) is 0 Å². The molecule has 0 bridgehead atoms. The summed E-state index contributed by atoms with van der Waals surface area (Å²) in [6, 6.07) is 2.13. The molecule has 3 aliphatic heterocycles. The van der Waals surface area contributed by atoms with Crippen molar-refractivity contribution in [2.75, 3.05) is 4.90 Å². The lowest BCUT2D eigenvalue weighted by Crippen LogP contribution is -2.53.